The van der Waals surface area contributed by atoms with E-state index in [2.05, 4.69) is 0 Å². The standard InChI is InChI=1S/C6H5ClO.2BrH.Ca/c7-5-3-1-2-4-6(5)8;;;/h1-4,8H;2*1H;/q;;;+2/p-2. The topological polar surface area (TPSA) is 20.2 Å². The summed E-state index contributed by atoms with van der Waals surface area (Å²) in [5.41, 5.74) is 0. The maximum atomic E-state index is 8.79. The average molecular weight is 328 g/mol. The Morgan fingerprint density at radius 2 is 1.55 bits per heavy atom. The minimum Gasteiger partial charge on any atom is -1.00 e. The summed E-state index contributed by atoms with van der Waals surface area (Å²) in [6.07, 6.45) is 0. The van der Waals surface area contributed by atoms with Gasteiger partial charge in [0, 0.05) is 0 Å². The summed E-state index contributed by atoms with van der Waals surface area (Å²) >= 11 is 5.46. The second kappa shape index (κ2) is 9.62. The third-order valence-corrected chi connectivity index (χ3v) is 1.17. The van der Waals surface area contributed by atoms with Crippen LogP contribution in [-0.2, 0) is 0 Å². The van der Waals surface area contributed by atoms with Gasteiger partial charge in [-0.15, -0.1) is 0 Å². The summed E-state index contributed by atoms with van der Waals surface area (Å²) < 4.78 is 0. The summed E-state index contributed by atoms with van der Waals surface area (Å²) in [7, 11) is 0. The molecule has 58 valence electrons. The fraction of sp³-hybridized carbons (Fsp3) is 0. The van der Waals surface area contributed by atoms with Crippen molar-refractivity contribution in [2.24, 2.45) is 0 Å². The van der Waals surface area contributed by atoms with Crippen molar-refractivity contribution in [3.63, 3.8) is 0 Å². The molecule has 0 aromatic heterocycles. The first-order chi connectivity index (χ1) is 3.80. The summed E-state index contributed by atoms with van der Waals surface area (Å²) in [6, 6.07) is 6.67. The van der Waals surface area contributed by atoms with Crippen LogP contribution in [0.1, 0.15) is 0 Å². The second-order valence-electron chi connectivity index (χ2n) is 1.45. The van der Waals surface area contributed by atoms with Gasteiger partial charge in [-0.1, -0.05) is 23.7 Å². The third-order valence-electron chi connectivity index (χ3n) is 0.852. The molecule has 1 aromatic rings. The molecule has 0 aliphatic rings. The van der Waals surface area contributed by atoms with Crippen LogP contribution < -0.4 is 34.0 Å². The number of aromatic hydroxyl groups is 1. The SMILES string of the molecule is Oc1ccccc1Cl.[Br-].[Br-].[Ca+2]. The second-order valence-corrected chi connectivity index (χ2v) is 1.86. The van der Waals surface area contributed by atoms with Crippen molar-refractivity contribution in [1.82, 2.24) is 0 Å². The van der Waals surface area contributed by atoms with Gasteiger partial charge < -0.3 is 39.1 Å². The quantitative estimate of drug-likeness (QED) is 0.478. The fourth-order valence-electron chi connectivity index (χ4n) is 0.452. The summed E-state index contributed by atoms with van der Waals surface area (Å²) in [4.78, 5) is 0. The van der Waals surface area contributed by atoms with Crippen LogP contribution in [0.4, 0.5) is 0 Å². The van der Waals surface area contributed by atoms with Crippen molar-refractivity contribution in [2.45, 2.75) is 0 Å². The van der Waals surface area contributed by atoms with E-state index in [4.69, 9.17) is 16.7 Å². The maximum Gasteiger partial charge on any atom is 2.00 e. The Morgan fingerprint density at radius 3 is 1.82 bits per heavy atom. The predicted molar refractivity (Wildman–Crippen MR) is 38.9 cm³/mol. The van der Waals surface area contributed by atoms with E-state index in [0.29, 0.717) is 5.02 Å². The van der Waals surface area contributed by atoms with Crippen LogP contribution in [0.15, 0.2) is 24.3 Å². The molecule has 1 aromatic carbocycles. The number of phenolic OH excluding ortho intramolecular Hbond substituents is 1. The zero-order chi connectivity index (χ0) is 5.98. The molecule has 0 spiro atoms. The fourth-order valence-corrected chi connectivity index (χ4v) is 0.587. The Labute approximate surface area is 122 Å². The molecule has 1 nitrogen and oxygen atoms in total. The van der Waals surface area contributed by atoms with Crippen LogP contribution in [0.25, 0.3) is 0 Å². The molecule has 0 unspecified atom stereocenters. The van der Waals surface area contributed by atoms with Gasteiger partial charge in [0.1, 0.15) is 5.75 Å². The van der Waals surface area contributed by atoms with Crippen LogP contribution in [-0.4, -0.2) is 42.8 Å². The third kappa shape index (κ3) is 6.67. The normalized spacial score (nSPS) is 6.64. The van der Waals surface area contributed by atoms with Gasteiger partial charge in [-0.2, -0.15) is 0 Å². The van der Waals surface area contributed by atoms with Crippen LogP contribution in [0.3, 0.4) is 0 Å². The molecular formula is C6H5Br2CaClO. The molecule has 5 heteroatoms. The van der Waals surface area contributed by atoms with Crippen molar-refractivity contribution in [3.8, 4) is 5.75 Å². The number of hydrogen-bond acceptors (Lipinski definition) is 1. The van der Waals surface area contributed by atoms with Crippen molar-refractivity contribution in [3.05, 3.63) is 29.3 Å². The van der Waals surface area contributed by atoms with E-state index < -0.39 is 0 Å². The van der Waals surface area contributed by atoms with Gasteiger partial charge in [0.2, 0.25) is 0 Å². The van der Waals surface area contributed by atoms with E-state index in [1.165, 1.54) is 0 Å². The first kappa shape index (κ1) is 18.3. The molecule has 0 fully saturated rings. The van der Waals surface area contributed by atoms with Crippen LogP contribution in [0.5, 0.6) is 5.75 Å². The minimum absolute atomic E-state index is 0. The summed E-state index contributed by atoms with van der Waals surface area (Å²) in [5.74, 6) is 0.133. The molecular weight excluding hydrogens is 323 g/mol. The van der Waals surface area contributed by atoms with Crippen molar-refractivity contribution in [2.75, 3.05) is 0 Å². The molecule has 0 radical (unpaired) electrons. The van der Waals surface area contributed by atoms with Gasteiger partial charge in [-0.25, -0.2) is 0 Å². The number of rotatable bonds is 0. The first-order valence-corrected chi connectivity index (χ1v) is 2.62. The smallest absolute Gasteiger partial charge is 1.00 e. The van der Waals surface area contributed by atoms with Crippen LogP contribution in [0.2, 0.25) is 5.02 Å². The molecule has 0 bridgehead atoms. The van der Waals surface area contributed by atoms with Crippen molar-refractivity contribution in [1.29, 1.82) is 0 Å². The monoisotopic (exact) mass is 326 g/mol. The molecule has 1 N–H and O–H groups in total. The summed E-state index contributed by atoms with van der Waals surface area (Å²) in [6.45, 7) is 0. The Bertz CT molecular complexity index is 177. The molecule has 0 heterocycles. The number of benzene rings is 1. The minimum atomic E-state index is 0. The van der Waals surface area contributed by atoms with E-state index in [0.717, 1.165) is 0 Å². The van der Waals surface area contributed by atoms with Crippen LogP contribution in [0, 0.1) is 0 Å². The van der Waals surface area contributed by atoms with Gasteiger partial charge in [-0.05, 0) is 12.1 Å². The van der Waals surface area contributed by atoms with Gasteiger partial charge >= 0.3 is 37.7 Å². The number of phenols is 1. The largest absolute Gasteiger partial charge is 2.00 e. The Kier molecular flexibility index (Phi) is 16.0. The molecule has 0 aliphatic carbocycles. The zero-order valence-corrected chi connectivity index (χ0v) is 11.7. The first-order valence-electron chi connectivity index (χ1n) is 2.24. The van der Waals surface area contributed by atoms with E-state index >= 15 is 0 Å². The number of halogens is 3. The van der Waals surface area contributed by atoms with Gasteiger partial charge in [0.05, 0.1) is 5.02 Å². The molecule has 0 saturated heterocycles. The van der Waals surface area contributed by atoms with Crippen molar-refractivity contribution >= 4 is 49.3 Å². The van der Waals surface area contributed by atoms with Crippen molar-refractivity contribution < 1.29 is 39.1 Å². The van der Waals surface area contributed by atoms with Gasteiger partial charge in [0.15, 0.2) is 0 Å². The Morgan fingerprint density at radius 1 is 1.09 bits per heavy atom. The molecule has 0 saturated carbocycles. The van der Waals surface area contributed by atoms with Crippen LogP contribution >= 0.6 is 11.6 Å². The van der Waals surface area contributed by atoms with E-state index in [-0.39, 0.29) is 77.5 Å². The molecule has 0 aliphatic heterocycles. The molecule has 11 heavy (non-hydrogen) atoms. The maximum absolute atomic E-state index is 8.79. The van der Waals surface area contributed by atoms with E-state index in [9.17, 15) is 0 Å². The number of hydrogen-bond donors (Lipinski definition) is 1. The number of para-hydroxylation sites is 1. The Balaban J connectivity index is -0.000000213. The van der Waals surface area contributed by atoms with Gasteiger partial charge in [-0.3, -0.25) is 0 Å². The zero-order valence-electron chi connectivity index (χ0n) is 5.60. The molecule has 0 atom stereocenters. The predicted octanol–water partition coefficient (Wildman–Crippen LogP) is -4.33. The van der Waals surface area contributed by atoms with E-state index in [1.807, 2.05) is 0 Å². The Hall–Kier alpha value is 1.53. The van der Waals surface area contributed by atoms with Gasteiger partial charge in [0.25, 0.3) is 0 Å². The van der Waals surface area contributed by atoms with E-state index in [1.54, 1.807) is 24.3 Å². The molecule has 1 rings (SSSR count). The average Bonchev–Trinajstić information content (AvgIpc) is 1.77. The molecule has 0 amide bonds. The summed E-state index contributed by atoms with van der Waals surface area (Å²) in [5, 5.41) is 9.18.